The number of hydrogen-bond donors (Lipinski definition) is 0. The van der Waals surface area contributed by atoms with Gasteiger partial charge in [-0.15, -0.1) is 11.8 Å². The number of Topliss-reactive ketones (excluding diaryl/α,β-unsaturated/α-hetero) is 1. The van der Waals surface area contributed by atoms with E-state index in [0.29, 0.717) is 11.1 Å². The fourth-order valence-electron chi connectivity index (χ4n) is 1.79. The smallest absolute Gasteiger partial charge is 0.358 e. The highest BCUT2D eigenvalue weighted by molar-refractivity contribution is 7.98. The number of carbonyl (C=O) groups is 1. The van der Waals surface area contributed by atoms with Gasteiger partial charge in [0.1, 0.15) is 6.54 Å². The topological polar surface area (TPSA) is 78.0 Å². The lowest BCUT2D eigenvalue weighted by molar-refractivity contribution is -0.390. The Balaban J connectivity index is 2.14. The minimum atomic E-state index is -0.552. The average Bonchev–Trinajstić information content (AvgIpc) is 2.79. The molecule has 0 radical (unpaired) electrons. The minimum Gasteiger partial charge on any atom is -0.358 e. The first-order chi connectivity index (χ1) is 9.51. The van der Waals surface area contributed by atoms with Crippen LogP contribution in [0.4, 0.5) is 5.82 Å². The van der Waals surface area contributed by atoms with Crippen LogP contribution in [0.2, 0.25) is 0 Å². The Kier molecular flexibility index (Phi) is 4.19. The van der Waals surface area contributed by atoms with Crippen LogP contribution in [0.5, 0.6) is 0 Å². The summed E-state index contributed by atoms with van der Waals surface area (Å²) in [5.41, 5.74) is 1.01. The zero-order chi connectivity index (χ0) is 14.7. The summed E-state index contributed by atoms with van der Waals surface area (Å²) in [5, 5.41) is 14.5. The van der Waals surface area contributed by atoms with E-state index in [1.165, 1.54) is 10.9 Å². The Morgan fingerprint density at radius 1 is 1.40 bits per heavy atom. The molecule has 1 heterocycles. The van der Waals surface area contributed by atoms with Gasteiger partial charge in [0.05, 0.1) is 16.9 Å². The molecular formula is C13H13N3O3S. The van der Waals surface area contributed by atoms with Crippen molar-refractivity contribution in [3.8, 4) is 0 Å². The van der Waals surface area contributed by atoms with Gasteiger partial charge in [-0.05, 0) is 30.2 Å². The predicted octanol–water partition coefficient (Wildman–Crippen LogP) is 2.70. The van der Waals surface area contributed by atoms with Crippen LogP contribution < -0.4 is 0 Å². The van der Waals surface area contributed by atoms with E-state index in [9.17, 15) is 14.9 Å². The van der Waals surface area contributed by atoms with Gasteiger partial charge in [-0.3, -0.25) is 4.79 Å². The summed E-state index contributed by atoms with van der Waals surface area (Å²) in [7, 11) is 0. The second-order valence-electron chi connectivity index (χ2n) is 4.24. The molecule has 0 atom stereocenters. The molecule has 2 aromatic rings. The molecule has 0 saturated carbocycles. The Morgan fingerprint density at radius 2 is 2.05 bits per heavy atom. The molecule has 1 aromatic carbocycles. The quantitative estimate of drug-likeness (QED) is 0.366. The second kappa shape index (κ2) is 5.87. The van der Waals surface area contributed by atoms with Gasteiger partial charge in [-0.25, -0.2) is 0 Å². The van der Waals surface area contributed by atoms with Crippen LogP contribution in [0, 0.1) is 17.0 Å². The molecule has 1 aromatic heterocycles. The van der Waals surface area contributed by atoms with Gasteiger partial charge in [0.2, 0.25) is 0 Å². The lowest BCUT2D eigenvalue weighted by atomic mass is 10.1. The van der Waals surface area contributed by atoms with Gasteiger partial charge < -0.3 is 10.1 Å². The highest BCUT2D eigenvalue weighted by atomic mass is 32.2. The van der Waals surface area contributed by atoms with Crippen molar-refractivity contribution in [2.75, 3.05) is 6.26 Å². The van der Waals surface area contributed by atoms with Crippen molar-refractivity contribution >= 4 is 23.4 Å². The van der Waals surface area contributed by atoms with E-state index in [2.05, 4.69) is 5.10 Å². The fraction of sp³-hybridized carbons (Fsp3) is 0.231. The first-order valence-corrected chi connectivity index (χ1v) is 7.09. The van der Waals surface area contributed by atoms with E-state index in [4.69, 9.17) is 0 Å². The molecule has 0 spiro atoms. The summed E-state index contributed by atoms with van der Waals surface area (Å²) in [6.45, 7) is 1.59. The van der Waals surface area contributed by atoms with Gasteiger partial charge in [0, 0.05) is 10.5 Å². The Bertz CT molecular complexity index is 649. The lowest BCUT2D eigenvalue weighted by Crippen LogP contribution is -2.11. The lowest BCUT2D eigenvalue weighted by Gasteiger charge is -2.00. The van der Waals surface area contributed by atoms with Gasteiger partial charge in [0.25, 0.3) is 0 Å². The fourth-order valence-corrected chi connectivity index (χ4v) is 2.20. The summed E-state index contributed by atoms with van der Waals surface area (Å²) < 4.78 is 1.30. The maximum atomic E-state index is 12.1. The molecule has 0 amide bonds. The molecule has 20 heavy (non-hydrogen) atoms. The summed E-state index contributed by atoms with van der Waals surface area (Å²) in [6, 6.07) is 7.24. The second-order valence-corrected chi connectivity index (χ2v) is 5.12. The van der Waals surface area contributed by atoms with Crippen molar-refractivity contribution < 1.29 is 9.72 Å². The molecular weight excluding hydrogens is 278 g/mol. The first-order valence-electron chi connectivity index (χ1n) is 5.87. The molecule has 0 fully saturated rings. The molecule has 0 unspecified atom stereocenters. The summed E-state index contributed by atoms with van der Waals surface area (Å²) in [4.78, 5) is 23.3. The number of carbonyl (C=O) groups excluding carboxylic acids is 1. The molecule has 2 rings (SSSR count). The van der Waals surface area contributed by atoms with Crippen molar-refractivity contribution in [1.29, 1.82) is 0 Å². The molecule has 0 bridgehead atoms. The van der Waals surface area contributed by atoms with Crippen LogP contribution in [0.1, 0.15) is 15.9 Å². The van der Waals surface area contributed by atoms with Crippen LogP contribution in [-0.4, -0.2) is 26.7 Å². The Morgan fingerprint density at radius 3 is 2.55 bits per heavy atom. The number of nitrogens with zero attached hydrogens (tertiary/aromatic N) is 3. The van der Waals surface area contributed by atoms with E-state index in [-0.39, 0.29) is 18.1 Å². The monoisotopic (exact) mass is 291 g/mol. The summed E-state index contributed by atoms with van der Waals surface area (Å²) >= 11 is 1.60. The Hall–Kier alpha value is -2.15. The van der Waals surface area contributed by atoms with E-state index in [1.54, 1.807) is 30.8 Å². The van der Waals surface area contributed by atoms with Gasteiger partial charge in [0.15, 0.2) is 5.78 Å². The number of thioether (sulfide) groups is 1. The van der Waals surface area contributed by atoms with Crippen molar-refractivity contribution in [3.05, 3.63) is 51.7 Å². The van der Waals surface area contributed by atoms with E-state index < -0.39 is 4.92 Å². The molecule has 0 aliphatic carbocycles. The standard InChI is InChI=1S/C13H13N3O3S/c1-9-7-15(14-13(9)16(18)19)8-12(17)10-3-5-11(20-2)6-4-10/h3-7H,8H2,1-2H3. The van der Waals surface area contributed by atoms with E-state index in [0.717, 1.165) is 4.90 Å². The van der Waals surface area contributed by atoms with E-state index in [1.807, 2.05) is 18.4 Å². The third-order valence-electron chi connectivity index (χ3n) is 2.81. The van der Waals surface area contributed by atoms with Crippen LogP contribution in [0.25, 0.3) is 0 Å². The van der Waals surface area contributed by atoms with Crippen molar-refractivity contribution in [1.82, 2.24) is 9.78 Å². The molecule has 0 aliphatic rings. The number of nitro groups is 1. The molecule has 104 valence electrons. The zero-order valence-corrected chi connectivity index (χ0v) is 11.9. The molecule has 0 N–H and O–H groups in total. The Labute approximate surface area is 119 Å². The molecule has 0 aliphatic heterocycles. The number of aryl methyl sites for hydroxylation is 1. The molecule has 0 saturated heterocycles. The average molecular weight is 291 g/mol. The predicted molar refractivity (Wildman–Crippen MR) is 76.2 cm³/mol. The van der Waals surface area contributed by atoms with Crippen LogP contribution in [-0.2, 0) is 6.54 Å². The number of rotatable bonds is 5. The maximum absolute atomic E-state index is 12.1. The number of benzene rings is 1. The first kappa shape index (κ1) is 14.3. The summed E-state index contributed by atoms with van der Waals surface area (Å²) in [5.74, 6) is -0.342. The SMILES string of the molecule is CSc1ccc(C(=O)Cn2cc(C)c([N+](=O)[O-])n2)cc1. The maximum Gasteiger partial charge on any atom is 0.392 e. The third-order valence-corrected chi connectivity index (χ3v) is 3.55. The highest BCUT2D eigenvalue weighted by Gasteiger charge is 2.18. The molecule has 7 heteroatoms. The van der Waals surface area contributed by atoms with Crippen molar-refractivity contribution in [3.63, 3.8) is 0 Å². The number of hydrogen-bond acceptors (Lipinski definition) is 5. The van der Waals surface area contributed by atoms with Gasteiger partial charge in [-0.2, -0.15) is 4.68 Å². The van der Waals surface area contributed by atoms with Crippen LogP contribution in [0.15, 0.2) is 35.4 Å². The molecule has 6 nitrogen and oxygen atoms in total. The zero-order valence-electron chi connectivity index (χ0n) is 11.1. The summed E-state index contributed by atoms with van der Waals surface area (Å²) in [6.07, 6.45) is 3.47. The van der Waals surface area contributed by atoms with Gasteiger partial charge >= 0.3 is 5.82 Å². The highest BCUT2D eigenvalue weighted by Crippen LogP contribution is 2.17. The van der Waals surface area contributed by atoms with Crippen LogP contribution in [0.3, 0.4) is 0 Å². The number of aromatic nitrogens is 2. The largest absolute Gasteiger partial charge is 0.392 e. The number of ketones is 1. The third kappa shape index (κ3) is 3.05. The van der Waals surface area contributed by atoms with Crippen molar-refractivity contribution in [2.45, 2.75) is 18.4 Å². The van der Waals surface area contributed by atoms with Gasteiger partial charge in [-0.1, -0.05) is 12.1 Å². The van der Waals surface area contributed by atoms with E-state index >= 15 is 0 Å². The van der Waals surface area contributed by atoms with Crippen LogP contribution >= 0.6 is 11.8 Å². The van der Waals surface area contributed by atoms with Crippen molar-refractivity contribution in [2.24, 2.45) is 0 Å². The minimum absolute atomic E-state index is 0.00665. The normalized spacial score (nSPS) is 10.5.